The lowest BCUT2D eigenvalue weighted by atomic mass is 10.2. The summed E-state index contributed by atoms with van der Waals surface area (Å²) in [6, 6.07) is 8.81. The molecule has 0 amide bonds. The van der Waals surface area contributed by atoms with Gasteiger partial charge in [0.15, 0.2) is 0 Å². The molecule has 5 nitrogen and oxygen atoms in total. The molecule has 0 aliphatic rings. The van der Waals surface area contributed by atoms with Crippen molar-refractivity contribution < 1.29 is 13.5 Å². The zero-order valence-corrected chi connectivity index (χ0v) is 15.7. The van der Waals surface area contributed by atoms with Crippen molar-refractivity contribution in [1.29, 1.82) is 0 Å². The highest BCUT2D eigenvalue weighted by atomic mass is 35.5. The Morgan fingerprint density at radius 3 is 2.37 bits per heavy atom. The van der Waals surface area contributed by atoms with Gasteiger partial charge in [-0.2, -0.15) is 4.98 Å². The average Bonchev–Trinajstić information content (AvgIpc) is 2.61. The number of rotatable bonds is 5. The van der Waals surface area contributed by atoms with Crippen LogP contribution in [0.15, 0.2) is 36.4 Å². The van der Waals surface area contributed by atoms with Crippen molar-refractivity contribution in [2.24, 2.45) is 0 Å². The first-order chi connectivity index (χ1) is 12.9. The number of aromatic nitrogens is 2. The fourth-order valence-electron chi connectivity index (χ4n) is 2.49. The van der Waals surface area contributed by atoms with Gasteiger partial charge in [0.1, 0.15) is 28.9 Å². The van der Waals surface area contributed by atoms with Crippen molar-refractivity contribution in [2.45, 2.75) is 13.8 Å². The molecule has 0 aliphatic heterocycles. The van der Waals surface area contributed by atoms with Crippen molar-refractivity contribution in [2.75, 3.05) is 17.7 Å². The van der Waals surface area contributed by atoms with Gasteiger partial charge in [-0.3, -0.25) is 0 Å². The smallest absolute Gasteiger partial charge is 0.229 e. The maximum absolute atomic E-state index is 13.9. The summed E-state index contributed by atoms with van der Waals surface area (Å²) < 4.78 is 33.1. The third kappa shape index (κ3) is 4.25. The first-order valence-electron chi connectivity index (χ1n) is 8.05. The van der Waals surface area contributed by atoms with Gasteiger partial charge >= 0.3 is 0 Å². The minimum atomic E-state index is -0.732. The standard InChI is InChI=1S/C19H17ClF2N4O/c1-10-7-15(16(27-3)9-12(10)20)24-17-8-11(2)23-19(25-17)26-18-13(21)5-4-6-14(18)22/h4-9H,1-3H3,(H2,23,24,25,26). The number of methoxy groups -OCH3 is 1. The van der Waals surface area contributed by atoms with Crippen LogP contribution in [0.3, 0.4) is 0 Å². The summed E-state index contributed by atoms with van der Waals surface area (Å²) in [5, 5.41) is 6.29. The molecule has 1 heterocycles. The molecule has 2 N–H and O–H groups in total. The van der Waals surface area contributed by atoms with Gasteiger partial charge in [0.25, 0.3) is 0 Å². The highest BCUT2D eigenvalue weighted by molar-refractivity contribution is 6.31. The summed E-state index contributed by atoms with van der Waals surface area (Å²) in [5.74, 6) is -0.432. The number of benzene rings is 2. The number of ether oxygens (including phenoxy) is 1. The molecule has 0 saturated heterocycles. The second-order valence-electron chi connectivity index (χ2n) is 5.87. The molecular weight excluding hydrogens is 374 g/mol. The van der Waals surface area contributed by atoms with Crippen molar-refractivity contribution in [3.63, 3.8) is 0 Å². The minimum Gasteiger partial charge on any atom is -0.495 e. The van der Waals surface area contributed by atoms with Crippen LogP contribution in [0, 0.1) is 25.5 Å². The highest BCUT2D eigenvalue weighted by Gasteiger charge is 2.13. The van der Waals surface area contributed by atoms with Gasteiger partial charge in [0.2, 0.25) is 5.95 Å². The second-order valence-corrected chi connectivity index (χ2v) is 6.27. The van der Waals surface area contributed by atoms with Crippen LogP contribution in [-0.2, 0) is 0 Å². The first-order valence-corrected chi connectivity index (χ1v) is 8.43. The van der Waals surface area contributed by atoms with Crippen molar-refractivity contribution in [3.8, 4) is 5.75 Å². The quantitative estimate of drug-likeness (QED) is 0.600. The Hall–Kier alpha value is -2.93. The summed E-state index contributed by atoms with van der Waals surface area (Å²) >= 11 is 6.12. The molecule has 0 fully saturated rings. The van der Waals surface area contributed by atoms with Gasteiger partial charge in [-0.25, -0.2) is 13.8 Å². The van der Waals surface area contributed by atoms with Crippen LogP contribution in [0.1, 0.15) is 11.3 Å². The Morgan fingerprint density at radius 2 is 1.70 bits per heavy atom. The van der Waals surface area contributed by atoms with Gasteiger partial charge < -0.3 is 15.4 Å². The molecule has 140 valence electrons. The number of halogens is 3. The fourth-order valence-corrected chi connectivity index (χ4v) is 2.64. The molecule has 3 rings (SSSR count). The Morgan fingerprint density at radius 1 is 1.00 bits per heavy atom. The van der Waals surface area contributed by atoms with Crippen LogP contribution in [0.5, 0.6) is 5.75 Å². The van der Waals surface area contributed by atoms with Gasteiger partial charge in [0, 0.05) is 22.8 Å². The van der Waals surface area contributed by atoms with Crippen molar-refractivity contribution in [3.05, 3.63) is 64.3 Å². The maximum Gasteiger partial charge on any atom is 0.229 e. The zero-order valence-electron chi connectivity index (χ0n) is 14.9. The van der Waals surface area contributed by atoms with E-state index in [4.69, 9.17) is 16.3 Å². The van der Waals surface area contributed by atoms with Crippen LogP contribution in [0.2, 0.25) is 5.02 Å². The fraction of sp³-hybridized carbons (Fsp3) is 0.158. The molecular formula is C19H17ClF2N4O. The summed E-state index contributed by atoms with van der Waals surface area (Å²) in [7, 11) is 1.53. The molecule has 27 heavy (non-hydrogen) atoms. The van der Waals surface area contributed by atoms with E-state index in [0.29, 0.717) is 28.0 Å². The van der Waals surface area contributed by atoms with Crippen molar-refractivity contribution >= 4 is 34.7 Å². The lowest BCUT2D eigenvalue weighted by Crippen LogP contribution is -2.05. The molecule has 2 aromatic carbocycles. The molecule has 0 unspecified atom stereocenters. The highest BCUT2D eigenvalue weighted by Crippen LogP contribution is 2.33. The first kappa shape index (κ1) is 18.8. The number of hydrogen-bond donors (Lipinski definition) is 2. The van der Waals surface area contributed by atoms with Gasteiger partial charge in [0.05, 0.1) is 12.8 Å². The predicted octanol–water partition coefficient (Wildman–Crippen LogP) is 5.52. The van der Waals surface area contributed by atoms with E-state index in [1.54, 1.807) is 19.1 Å². The van der Waals surface area contributed by atoms with Crippen molar-refractivity contribution in [1.82, 2.24) is 9.97 Å². The Labute approximate surface area is 160 Å². The van der Waals surface area contributed by atoms with Gasteiger partial charge in [-0.1, -0.05) is 17.7 Å². The maximum atomic E-state index is 13.9. The molecule has 0 atom stereocenters. The molecule has 0 bridgehead atoms. The predicted molar refractivity (Wildman–Crippen MR) is 102 cm³/mol. The summed E-state index contributed by atoms with van der Waals surface area (Å²) in [4.78, 5) is 8.46. The van der Waals surface area contributed by atoms with Crippen LogP contribution < -0.4 is 15.4 Å². The molecule has 0 radical (unpaired) electrons. The topological polar surface area (TPSA) is 59.1 Å². The van der Waals surface area contributed by atoms with Crippen LogP contribution in [-0.4, -0.2) is 17.1 Å². The lowest BCUT2D eigenvalue weighted by Gasteiger charge is -2.14. The van der Waals surface area contributed by atoms with E-state index in [2.05, 4.69) is 20.6 Å². The van der Waals surface area contributed by atoms with E-state index in [1.807, 2.05) is 13.0 Å². The van der Waals surface area contributed by atoms with E-state index in [1.165, 1.54) is 13.2 Å². The zero-order chi connectivity index (χ0) is 19.6. The number of aryl methyl sites for hydroxylation is 2. The third-order valence-corrected chi connectivity index (χ3v) is 4.20. The molecule has 0 saturated carbocycles. The molecule has 1 aromatic heterocycles. The SMILES string of the molecule is COc1cc(Cl)c(C)cc1Nc1cc(C)nc(Nc2c(F)cccc2F)n1. The normalized spacial score (nSPS) is 10.6. The number of para-hydroxylation sites is 1. The largest absolute Gasteiger partial charge is 0.495 e. The number of nitrogens with one attached hydrogen (secondary N) is 2. The van der Waals surface area contributed by atoms with E-state index in [-0.39, 0.29) is 11.6 Å². The minimum absolute atomic E-state index is 0.0613. The van der Waals surface area contributed by atoms with Crippen LogP contribution in [0.25, 0.3) is 0 Å². The number of anilines is 4. The van der Waals surface area contributed by atoms with E-state index < -0.39 is 11.6 Å². The summed E-state index contributed by atoms with van der Waals surface area (Å²) in [5.41, 5.74) is 1.81. The summed E-state index contributed by atoms with van der Waals surface area (Å²) in [6.07, 6.45) is 0. The summed E-state index contributed by atoms with van der Waals surface area (Å²) in [6.45, 7) is 3.62. The lowest BCUT2D eigenvalue weighted by molar-refractivity contribution is 0.416. The average molecular weight is 391 g/mol. The Kier molecular flexibility index (Phi) is 5.41. The van der Waals surface area contributed by atoms with Crippen LogP contribution in [0.4, 0.5) is 31.9 Å². The van der Waals surface area contributed by atoms with Crippen LogP contribution >= 0.6 is 11.6 Å². The van der Waals surface area contributed by atoms with Gasteiger partial charge in [-0.15, -0.1) is 0 Å². The monoisotopic (exact) mass is 390 g/mol. The van der Waals surface area contributed by atoms with E-state index >= 15 is 0 Å². The Bertz CT molecular complexity index is 977. The number of nitrogens with zero attached hydrogens (tertiary/aromatic N) is 2. The third-order valence-electron chi connectivity index (χ3n) is 3.80. The number of hydrogen-bond acceptors (Lipinski definition) is 5. The molecule has 0 aliphatic carbocycles. The van der Waals surface area contributed by atoms with Gasteiger partial charge in [-0.05, 0) is 37.6 Å². The van der Waals surface area contributed by atoms with E-state index in [0.717, 1.165) is 17.7 Å². The molecule has 8 heteroatoms. The Balaban J connectivity index is 1.94. The second kappa shape index (κ2) is 7.75. The van der Waals surface area contributed by atoms with E-state index in [9.17, 15) is 8.78 Å². The molecule has 3 aromatic rings. The molecule has 0 spiro atoms.